The Labute approximate surface area is 88.8 Å². The fraction of sp³-hybridized carbons (Fsp3) is 0.100. The first-order valence-electron chi connectivity index (χ1n) is 4.32. The second-order valence-electron chi connectivity index (χ2n) is 3.37. The minimum atomic E-state index is -1.04. The number of carbonyl (C=O) groups excluding carboxylic acids is 3. The van der Waals surface area contributed by atoms with E-state index in [1.165, 1.54) is 0 Å². The molecule has 0 unspecified atom stereocenters. The summed E-state index contributed by atoms with van der Waals surface area (Å²) in [5.41, 5.74) is -1.04. The highest BCUT2D eigenvalue weighted by Gasteiger charge is 2.36. The minimum absolute atomic E-state index is 0.498. The SMILES string of the molecule is O=C1CC(=O)c2c(O)c(O)cc(O)c2C1=O. The van der Waals surface area contributed by atoms with Crippen LogP contribution < -0.4 is 0 Å². The maximum Gasteiger partial charge on any atom is 0.233 e. The molecule has 1 aromatic carbocycles. The summed E-state index contributed by atoms with van der Waals surface area (Å²) >= 11 is 0. The normalized spacial score (nSPS) is 15.1. The molecule has 1 aliphatic carbocycles. The van der Waals surface area contributed by atoms with Gasteiger partial charge in [0.2, 0.25) is 11.6 Å². The smallest absolute Gasteiger partial charge is 0.233 e. The zero-order chi connectivity index (χ0) is 12.0. The van der Waals surface area contributed by atoms with Crippen LogP contribution in [-0.2, 0) is 4.79 Å². The largest absolute Gasteiger partial charge is 0.507 e. The maximum atomic E-state index is 11.4. The van der Waals surface area contributed by atoms with E-state index in [0.29, 0.717) is 6.07 Å². The average molecular weight is 222 g/mol. The molecule has 6 heteroatoms. The molecule has 0 saturated carbocycles. The van der Waals surface area contributed by atoms with Gasteiger partial charge in [0.1, 0.15) is 5.75 Å². The van der Waals surface area contributed by atoms with Crippen molar-refractivity contribution in [3.05, 3.63) is 17.2 Å². The predicted molar refractivity (Wildman–Crippen MR) is 49.7 cm³/mol. The summed E-state index contributed by atoms with van der Waals surface area (Å²) in [7, 11) is 0. The molecular weight excluding hydrogens is 216 g/mol. The first kappa shape index (κ1) is 10.2. The van der Waals surface area contributed by atoms with Crippen LogP contribution in [-0.4, -0.2) is 32.7 Å². The number of carbonyl (C=O) groups is 3. The van der Waals surface area contributed by atoms with Gasteiger partial charge >= 0.3 is 0 Å². The van der Waals surface area contributed by atoms with Crippen LogP contribution >= 0.6 is 0 Å². The summed E-state index contributed by atoms with van der Waals surface area (Å²) in [6.07, 6.45) is -0.664. The number of hydrogen-bond donors (Lipinski definition) is 3. The highest BCUT2D eigenvalue weighted by Crippen LogP contribution is 2.40. The predicted octanol–water partition coefficient (Wildman–Crippen LogP) is 0.142. The van der Waals surface area contributed by atoms with Crippen LogP contribution in [0.3, 0.4) is 0 Å². The van der Waals surface area contributed by atoms with Crippen LogP contribution in [0.5, 0.6) is 17.2 Å². The molecule has 0 aliphatic heterocycles. The van der Waals surface area contributed by atoms with Gasteiger partial charge in [0.05, 0.1) is 17.5 Å². The maximum absolute atomic E-state index is 11.4. The second kappa shape index (κ2) is 3.06. The van der Waals surface area contributed by atoms with Crippen molar-refractivity contribution in [1.82, 2.24) is 0 Å². The van der Waals surface area contributed by atoms with Crippen LogP contribution in [0.1, 0.15) is 27.1 Å². The Balaban J connectivity index is 2.86. The number of fused-ring (bicyclic) bond motifs is 1. The van der Waals surface area contributed by atoms with Gasteiger partial charge in [-0.3, -0.25) is 14.4 Å². The molecule has 0 bridgehead atoms. The zero-order valence-corrected chi connectivity index (χ0v) is 7.85. The Kier molecular flexibility index (Phi) is 1.94. The molecule has 3 N–H and O–H groups in total. The summed E-state index contributed by atoms with van der Waals surface area (Å²) in [4.78, 5) is 33.9. The van der Waals surface area contributed by atoms with Crippen molar-refractivity contribution in [2.45, 2.75) is 6.42 Å². The number of aromatic hydroxyl groups is 3. The van der Waals surface area contributed by atoms with Crippen molar-refractivity contribution >= 4 is 17.3 Å². The summed E-state index contributed by atoms with van der Waals surface area (Å²) in [6.45, 7) is 0. The van der Waals surface area contributed by atoms with Crippen molar-refractivity contribution in [1.29, 1.82) is 0 Å². The Morgan fingerprint density at radius 2 is 1.50 bits per heavy atom. The van der Waals surface area contributed by atoms with E-state index >= 15 is 0 Å². The lowest BCUT2D eigenvalue weighted by Crippen LogP contribution is -2.27. The zero-order valence-electron chi connectivity index (χ0n) is 7.85. The standard InChI is InChI=1S/C10H6O6/c11-3-1-5(13)9(15)8-4(12)2-6(14)10(16)7(3)8/h1,11,13,15H,2H2. The first-order chi connectivity index (χ1) is 7.43. The molecule has 1 aromatic rings. The van der Waals surface area contributed by atoms with E-state index < -0.39 is 52.1 Å². The molecule has 0 aromatic heterocycles. The number of ketones is 3. The van der Waals surface area contributed by atoms with E-state index in [1.807, 2.05) is 0 Å². The highest BCUT2D eigenvalue weighted by molar-refractivity contribution is 6.51. The van der Waals surface area contributed by atoms with Gasteiger partial charge in [-0.1, -0.05) is 0 Å². The molecule has 0 spiro atoms. The lowest BCUT2D eigenvalue weighted by atomic mass is 9.87. The Morgan fingerprint density at radius 3 is 2.12 bits per heavy atom. The third-order valence-electron chi connectivity index (χ3n) is 2.34. The van der Waals surface area contributed by atoms with Gasteiger partial charge in [-0.25, -0.2) is 0 Å². The van der Waals surface area contributed by atoms with E-state index in [9.17, 15) is 24.6 Å². The number of rotatable bonds is 0. The van der Waals surface area contributed by atoms with E-state index in [1.54, 1.807) is 0 Å². The van der Waals surface area contributed by atoms with Crippen LogP contribution in [0.2, 0.25) is 0 Å². The van der Waals surface area contributed by atoms with Crippen LogP contribution in [0.25, 0.3) is 0 Å². The van der Waals surface area contributed by atoms with Crippen molar-refractivity contribution in [2.24, 2.45) is 0 Å². The second-order valence-corrected chi connectivity index (χ2v) is 3.37. The molecule has 82 valence electrons. The van der Waals surface area contributed by atoms with Crippen molar-refractivity contribution in [2.75, 3.05) is 0 Å². The van der Waals surface area contributed by atoms with Crippen LogP contribution in [0, 0.1) is 0 Å². The molecule has 16 heavy (non-hydrogen) atoms. The summed E-state index contributed by atoms with van der Waals surface area (Å²) in [6, 6.07) is 0.706. The third kappa shape index (κ3) is 1.16. The first-order valence-corrected chi connectivity index (χ1v) is 4.32. The fourth-order valence-corrected chi connectivity index (χ4v) is 1.60. The van der Waals surface area contributed by atoms with Gasteiger partial charge in [-0.15, -0.1) is 0 Å². The van der Waals surface area contributed by atoms with E-state index in [0.717, 1.165) is 0 Å². The van der Waals surface area contributed by atoms with E-state index in [4.69, 9.17) is 5.11 Å². The average Bonchev–Trinajstić information content (AvgIpc) is 2.20. The molecule has 0 saturated heterocycles. The number of phenols is 3. The summed E-state index contributed by atoms with van der Waals surface area (Å²) in [5.74, 6) is -4.99. The monoisotopic (exact) mass is 222 g/mol. The molecule has 2 rings (SSSR count). The molecule has 0 heterocycles. The van der Waals surface area contributed by atoms with Crippen molar-refractivity contribution in [3.63, 3.8) is 0 Å². The van der Waals surface area contributed by atoms with E-state index in [-0.39, 0.29) is 0 Å². The Hall–Kier alpha value is -2.37. The fourth-order valence-electron chi connectivity index (χ4n) is 1.60. The van der Waals surface area contributed by atoms with Crippen LogP contribution in [0.4, 0.5) is 0 Å². The third-order valence-corrected chi connectivity index (χ3v) is 2.34. The number of phenolic OH excluding ortho intramolecular Hbond substituents is 3. The topological polar surface area (TPSA) is 112 Å². The molecule has 0 amide bonds. The number of Topliss-reactive ketones (excluding diaryl/α,β-unsaturated/α-hetero) is 3. The molecule has 0 radical (unpaired) electrons. The van der Waals surface area contributed by atoms with Gasteiger partial charge in [0, 0.05) is 6.07 Å². The number of hydrogen-bond acceptors (Lipinski definition) is 6. The van der Waals surface area contributed by atoms with Gasteiger partial charge in [0.15, 0.2) is 17.3 Å². The van der Waals surface area contributed by atoms with Gasteiger partial charge in [0.25, 0.3) is 0 Å². The van der Waals surface area contributed by atoms with E-state index in [2.05, 4.69) is 0 Å². The van der Waals surface area contributed by atoms with Crippen LogP contribution in [0.15, 0.2) is 6.07 Å². The molecular formula is C10H6O6. The van der Waals surface area contributed by atoms with Crippen molar-refractivity contribution in [3.8, 4) is 17.2 Å². The Bertz CT molecular complexity index is 543. The highest BCUT2D eigenvalue weighted by atomic mass is 16.3. The molecule has 0 atom stereocenters. The Morgan fingerprint density at radius 1 is 0.875 bits per heavy atom. The van der Waals surface area contributed by atoms with Gasteiger partial charge in [-0.2, -0.15) is 0 Å². The molecule has 1 aliphatic rings. The minimum Gasteiger partial charge on any atom is -0.507 e. The number of benzene rings is 1. The summed E-state index contributed by atoms with van der Waals surface area (Å²) < 4.78 is 0. The van der Waals surface area contributed by atoms with Crippen molar-refractivity contribution < 1.29 is 29.7 Å². The van der Waals surface area contributed by atoms with Gasteiger partial charge < -0.3 is 15.3 Å². The molecule has 0 fully saturated rings. The lowest BCUT2D eigenvalue weighted by Gasteiger charge is -2.15. The van der Waals surface area contributed by atoms with Gasteiger partial charge in [-0.05, 0) is 0 Å². The molecule has 6 nitrogen and oxygen atoms in total. The summed E-state index contributed by atoms with van der Waals surface area (Å²) in [5, 5.41) is 27.9. The lowest BCUT2D eigenvalue weighted by molar-refractivity contribution is -0.114. The quantitative estimate of drug-likeness (QED) is 0.249.